The summed E-state index contributed by atoms with van der Waals surface area (Å²) in [7, 11) is 0. The molecule has 6 heteroatoms. The number of hydrogen-bond donors (Lipinski definition) is 2. The Morgan fingerprint density at radius 1 is 0.967 bits per heavy atom. The van der Waals surface area contributed by atoms with Gasteiger partial charge >= 0.3 is 0 Å². The summed E-state index contributed by atoms with van der Waals surface area (Å²) >= 11 is 0. The summed E-state index contributed by atoms with van der Waals surface area (Å²) in [5, 5.41) is 3.29. The number of rotatable bonds is 6. The third-order valence-electron chi connectivity index (χ3n) is 4.59. The predicted octanol–water partition coefficient (Wildman–Crippen LogP) is 4.08. The fraction of sp³-hybridized carbons (Fsp3) is 0.0833. The Kier molecular flexibility index (Phi) is 5.59. The van der Waals surface area contributed by atoms with Gasteiger partial charge in [-0.25, -0.2) is 0 Å². The van der Waals surface area contributed by atoms with Crippen LogP contribution < -0.4 is 21.2 Å². The van der Waals surface area contributed by atoms with Gasteiger partial charge in [0.2, 0.25) is 0 Å². The van der Waals surface area contributed by atoms with E-state index in [4.69, 9.17) is 14.9 Å². The van der Waals surface area contributed by atoms with Crippen molar-refractivity contribution in [3.05, 3.63) is 106 Å². The maximum absolute atomic E-state index is 12.5. The Labute approximate surface area is 172 Å². The summed E-state index contributed by atoms with van der Waals surface area (Å²) in [5.41, 5.74) is 7.87. The molecule has 0 radical (unpaired) electrons. The van der Waals surface area contributed by atoms with Gasteiger partial charge in [0.05, 0.1) is 11.9 Å². The van der Waals surface area contributed by atoms with Crippen molar-refractivity contribution < 1.29 is 13.9 Å². The van der Waals surface area contributed by atoms with E-state index in [1.807, 2.05) is 36.4 Å². The van der Waals surface area contributed by atoms with E-state index in [0.717, 1.165) is 11.3 Å². The average Bonchev–Trinajstić information content (AvgIpc) is 2.78. The van der Waals surface area contributed by atoms with Crippen molar-refractivity contribution in [1.29, 1.82) is 0 Å². The zero-order chi connectivity index (χ0) is 20.9. The minimum absolute atomic E-state index is 0.123. The number of anilines is 1. The Hall–Kier alpha value is -3.90. The number of amides is 1. The molecule has 0 fully saturated rings. The molecule has 0 aliphatic rings. The Balaban J connectivity index is 1.53. The molecule has 6 nitrogen and oxygen atoms in total. The molecular formula is C24H20N2O4. The first-order valence-electron chi connectivity index (χ1n) is 9.48. The lowest BCUT2D eigenvalue weighted by Crippen LogP contribution is -2.12. The smallest absolute Gasteiger partial charge is 0.255 e. The van der Waals surface area contributed by atoms with Crippen molar-refractivity contribution in [2.24, 2.45) is 5.73 Å². The van der Waals surface area contributed by atoms with Gasteiger partial charge in [-0.3, -0.25) is 9.59 Å². The quantitative estimate of drug-likeness (QED) is 0.508. The highest BCUT2D eigenvalue weighted by Gasteiger charge is 2.11. The van der Waals surface area contributed by atoms with Gasteiger partial charge in [0.25, 0.3) is 5.91 Å². The van der Waals surface area contributed by atoms with E-state index in [9.17, 15) is 9.59 Å². The normalized spacial score (nSPS) is 10.7. The highest BCUT2D eigenvalue weighted by atomic mass is 16.5. The van der Waals surface area contributed by atoms with Crippen LogP contribution in [0.3, 0.4) is 0 Å². The molecule has 0 unspecified atom stereocenters. The van der Waals surface area contributed by atoms with Gasteiger partial charge in [-0.15, -0.1) is 0 Å². The Morgan fingerprint density at radius 3 is 2.57 bits per heavy atom. The summed E-state index contributed by atoms with van der Waals surface area (Å²) in [5.74, 6) is 0.633. The van der Waals surface area contributed by atoms with E-state index in [1.54, 1.807) is 36.4 Å². The summed E-state index contributed by atoms with van der Waals surface area (Å²) in [4.78, 5) is 24.7. The molecule has 4 rings (SSSR count). The van der Waals surface area contributed by atoms with Crippen LogP contribution in [0.15, 0.2) is 88.1 Å². The average molecular weight is 400 g/mol. The third kappa shape index (κ3) is 4.24. The maximum Gasteiger partial charge on any atom is 0.255 e. The van der Waals surface area contributed by atoms with Crippen molar-refractivity contribution in [2.75, 3.05) is 5.32 Å². The molecular weight excluding hydrogens is 380 g/mol. The van der Waals surface area contributed by atoms with Crippen LogP contribution in [0.1, 0.15) is 21.7 Å². The molecule has 0 saturated carbocycles. The summed E-state index contributed by atoms with van der Waals surface area (Å²) in [6.07, 6.45) is 0. The molecule has 0 aliphatic carbocycles. The van der Waals surface area contributed by atoms with Crippen molar-refractivity contribution in [1.82, 2.24) is 0 Å². The SMILES string of the molecule is NCc1cc(=O)c2cccc(OCc3cccc(C(=O)Nc4ccccc4)c3)c2o1. The standard InChI is InChI=1S/C24H20N2O4/c25-14-19-13-21(27)20-10-5-11-22(23(20)30-19)29-15-16-6-4-7-17(12-16)24(28)26-18-8-2-1-3-9-18/h1-13H,14-15,25H2,(H,26,28). The third-order valence-corrected chi connectivity index (χ3v) is 4.59. The summed E-state index contributed by atoms with van der Waals surface area (Å²) < 4.78 is 11.6. The second-order valence-electron chi connectivity index (χ2n) is 6.72. The van der Waals surface area contributed by atoms with E-state index in [2.05, 4.69) is 5.32 Å². The monoisotopic (exact) mass is 400 g/mol. The number of nitrogens with two attached hydrogens (primary N) is 1. The Bertz CT molecular complexity index is 1250. The molecule has 0 bridgehead atoms. The zero-order valence-corrected chi connectivity index (χ0v) is 16.1. The van der Waals surface area contributed by atoms with Gasteiger partial charge < -0.3 is 20.2 Å². The van der Waals surface area contributed by atoms with Gasteiger partial charge in [-0.1, -0.05) is 36.4 Å². The first kappa shape index (κ1) is 19.4. The minimum Gasteiger partial charge on any atom is -0.485 e. The number of benzene rings is 3. The van der Waals surface area contributed by atoms with Crippen LogP contribution in [0.2, 0.25) is 0 Å². The van der Waals surface area contributed by atoms with Gasteiger partial charge in [-0.05, 0) is 42.0 Å². The Morgan fingerprint density at radius 2 is 1.77 bits per heavy atom. The van der Waals surface area contributed by atoms with Gasteiger partial charge in [0, 0.05) is 17.3 Å². The second kappa shape index (κ2) is 8.63. The highest BCUT2D eigenvalue weighted by Crippen LogP contribution is 2.25. The fourth-order valence-corrected chi connectivity index (χ4v) is 3.10. The number of hydrogen-bond acceptors (Lipinski definition) is 5. The molecule has 1 amide bonds. The lowest BCUT2D eigenvalue weighted by Gasteiger charge is -2.10. The van der Waals surface area contributed by atoms with Crippen LogP contribution in [0, 0.1) is 0 Å². The van der Waals surface area contributed by atoms with Crippen molar-refractivity contribution in [3.63, 3.8) is 0 Å². The molecule has 1 aromatic heterocycles. The van der Waals surface area contributed by atoms with Gasteiger partial charge in [0.1, 0.15) is 12.4 Å². The van der Waals surface area contributed by atoms with Gasteiger partial charge in [0.15, 0.2) is 16.8 Å². The molecule has 0 spiro atoms. The molecule has 0 atom stereocenters. The number of ether oxygens (including phenoxy) is 1. The fourth-order valence-electron chi connectivity index (χ4n) is 3.10. The highest BCUT2D eigenvalue weighted by molar-refractivity contribution is 6.04. The maximum atomic E-state index is 12.5. The molecule has 0 aliphatic heterocycles. The van der Waals surface area contributed by atoms with Crippen LogP contribution in [0.5, 0.6) is 5.75 Å². The molecule has 1 heterocycles. The number of carbonyl (C=O) groups is 1. The largest absolute Gasteiger partial charge is 0.485 e. The lowest BCUT2D eigenvalue weighted by molar-refractivity contribution is 0.102. The topological polar surface area (TPSA) is 94.6 Å². The molecule has 3 N–H and O–H groups in total. The van der Waals surface area contributed by atoms with E-state index in [-0.39, 0.29) is 24.5 Å². The number of para-hydroxylation sites is 2. The van der Waals surface area contributed by atoms with E-state index in [1.165, 1.54) is 6.07 Å². The molecule has 150 valence electrons. The van der Waals surface area contributed by atoms with Crippen LogP contribution in [-0.4, -0.2) is 5.91 Å². The first-order valence-corrected chi connectivity index (χ1v) is 9.48. The van der Waals surface area contributed by atoms with Crippen LogP contribution >= 0.6 is 0 Å². The van der Waals surface area contributed by atoms with E-state index in [0.29, 0.717) is 28.0 Å². The van der Waals surface area contributed by atoms with Crippen molar-refractivity contribution in [2.45, 2.75) is 13.2 Å². The summed E-state index contributed by atoms with van der Waals surface area (Å²) in [6, 6.07) is 23.0. The minimum atomic E-state index is -0.202. The molecule has 30 heavy (non-hydrogen) atoms. The molecule has 3 aromatic carbocycles. The lowest BCUT2D eigenvalue weighted by atomic mass is 10.1. The summed E-state index contributed by atoms with van der Waals surface area (Å²) in [6.45, 7) is 0.334. The van der Waals surface area contributed by atoms with E-state index >= 15 is 0 Å². The van der Waals surface area contributed by atoms with Crippen LogP contribution in [0.4, 0.5) is 5.69 Å². The number of fused-ring (bicyclic) bond motifs is 1. The second-order valence-corrected chi connectivity index (χ2v) is 6.72. The van der Waals surface area contributed by atoms with Crippen LogP contribution in [-0.2, 0) is 13.2 Å². The van der Waals surface area contributed by atoms with Gasteiger partial charge in [-0.2, -0.15) is 0 Å². The van der Waals surface area contributed by atoms with Crippen molar-refractivity contribution in [3.8, 4) is 5.75 Å². The first-order chi connectivity index (χ1) is 14.6. The zero-order valence-electron chi connectivity index (χ0n) is 16.1. The predicted molar refractivity (Wildman–Crippen MR) is 116 cm³/mol. The number of carbonyl (C=O) groups excluding carboxylic acids is 1. The van der Waals surface area contributed by atoms with E-state index < -0.39 is 0 Å². The molecule has 4 aromatic rings. The van der Waals surface area contributed by atoms with Crippen molar-refractivity contribution >= 4 is 22.6 Å². The van der Waals surface area contributed by atoms with Crippen LogP contribution in [0.25, 0.3) is 11.0 Å². The molecule has 0 saturated heterocycles. The number of nitrogens with one attached hydrogen (secondary N) is 1.